The zero-order valence-corrected chi connectivity index (χ0v) is 11.4. The molecule has 3 nitrogen and oxygen atoms in total. The number of aromatic nitrogens is 2. The second kappa shape index (κ2) is 5.95. The van der Waals surface area contributed by atoms with Crippen molar-refractivity contribution < 1.29 is 17.9 Å². The van der Waals surface area contributed by atoms with E-state index in [1.54, 1.807) is 26.1 Å². The third-order valence-electron chi connectivity index (χ3n) is 2.51. The van der Waals surface area contributed by atoms with Gasteiger partial charge in [-0.25, -0.2) is 0 Å². The highest BCUT2D eigenvalue weighted by Gasteiger charge is 2.29. The minimum atomic E-state index is -4.33. The van der Waals surface area contributed by atoms with Crippen molar-refractivity contribution in [3.05, 3.63) is 23.4 Å². The van der Waals surface area contributed by atoms with Gasteiger partial charge in [-0.3, -0.25) is 5.10 Å². The van der Waals surface area contributed by atoms with Crippen molar-refractivity contribution >= 4 is 10.9 Å². The van der Waals surface area contributed by atoms with Crippen molar-refractivity contribution in [3.8, 4) is 5.75 Å². The van der Waals surface area contributed by atoms with E-state index in [-0.39, 0.29) is 5.75 Å². The summed E-state index contributed by atoms with van der Waals surface area (Å²) in [7, 11) is 0. The van der Waals surface area contributed by atoms with Crippen LogP contribution >= 0.6 is 0 Å². The van der Waals surface area contributed by atoms with Crippen molar-refractivity contribution in [2.24, 2.45) is 0 Å². The Hall–Kier alpha value is -1.72. The highest BCUT2D eigenvalue weighted by atomic mass is 19.4. The fourth-order valence-electron chi connectivity index (χ4n) is 1.78. The topological polar surface area (TPSA) is 37.9 Å². The van der Waals surface area contributed by atoms with Crippen molar-refractivity contribution in [2.45, 2.75) is 33.9 Å². The highest BCUT2D eigenvalue weighted by Crippen LogP contribution is 2.31. The van der Waals surface area contributed by atoms with Crippen molar-refractivity contribution in [1.29, 1.82) is 0 Å². The summed E-state index contributed by atoms with van der Waals surface area (Å²) in [6.07, 6.45) is -2.76. The summed E-state index contributed by atoms with van der Waals surface area (Å²) in [5, 5.41) is 7.39. The molecule has 106 valence electrons. The van der Waals surface area contributed by atoms with E-state index in [0.717, 1.165) is 10.9 Å². The summed E-state index contributed by atoms with van der Waals surface area (Å²) in [4.78, 5) is 0. The third-order valence-corrected chi connectivity index (χ3v) is 2.51. The standard InChI is InChI=1S/C11H11F3N2O.C2H6/c1-6-3-9-8(4-15-16-9)7(2)10(6)17-5-11(12,13)14;1-2/h3-4H,5H2,1-2H3,(H,15,16);1-2H3. The Morgan fingerprint density at radius 2 is 1.89 bits per heavy atom. The van der Waals surface area contributed by atoms with Gasteiger partial charge in [-0.2, -0.15) is 18.3 Å². The van der Waals surface area contributed by atoms with Crippen LogP contribution in [0.2, 0.25) is 0 Å². The summed E-state index contributed by atoms with van der Waals surface area (Å²) in [6.45, 7) is 6.15. The van der Waals surface area contributed by atoms with Crippen LogP contribution < -0.4 is 4.74 Å². The van der Waals surface area contributed by atoms with Gasteiger partial charge >= 0.3 is 6.18 Å². The number of aryl methyl sites for hydroxylation is 2. The lowest BCUT2D eigenvalue weighted by Crippen LogP contribution is -2.20. The smallest absolute Gasteiger partial charge is 0.422 e. The van der Waals surface area contributed by atoms with Gasteiger partial charge in [0.05, 0.1) is 11.7 Å². The van der Waals surface area contributed by atoms with Crippen LogP contribution in [0.25, 0.3) is 10.9 Å². The maximum atomic E-state index is 12.1. The van der Waals surface area contributed by atoms with Gasteiger partial charge in [-0.15, -0.1) is 0 Å². The SMILES string of the molecule is CC.Cc1cc2[nH]ncc2c(C)c1OCC(F)(F)F. The number of aromatic amines is 1. The Bertz CT molecular complexity index is 547. The van der Waals surface area contributed by atoms with Crippen molar-refractivity contribution in [3.63, 3.8) is 0 Å². The fourth-order valence-corrected chi connectivity index (χ4v) is 1.78. The Kier molecular flexibility index (Phi) is 4.80. The summed E-state index contributed by atoms with van der Waals surface area (Å²) in [5.41, 5.74) is 2.11. The second-order valence-corrected chi connectivity index (χ2v) is 3.88. The molecule has 0 unspecified atom stereocenters. The molecule has 2 rings (SSSR count). The van der Waals surface area contributed by atoms with Crippen LogP contribution in [0.3, 0.4) is 0 Å². The zero-order valence-electron chi connectivity index (χ0n) is 11.4. The maximum Gasteiger partial charge on any atom is 0.422 e. The van der Waals surface area contributed by atoms with E-state index in [2.05, 4.69) is 10.2 Å². The van der Waals surface area contributed by atoms with Gasteiger partial charge < -0.3 is 4.74 Å². The molecule has 0 amide bonds. The average molecular weight is 274 g/mol. The first-order valence-electron chi connectivity index (χ1n) is 6.01. The van der Waals surface area contributed by atoms with Gasteiger partial charge in [-0.05, 0) is 25.5 Å². The number of nitrogens with zero attached hydrogens (tertiary/aromatic N) is 1. The number of nitrogens with one attached hydrogen (secondary N) is 1. The van der Waals surface area contributed by atoms with E-state index in [9.17, 15) is 13.2 Å². The minimum absolute atomic E-state index is 0.274. The molecule has 1 heterocycles. The number of hydrogen-bond acceptors (Lipinski definition) is 2. The lowest BCUT2D eigenvalue weighted by Gasteiger charge is -2.14. The molecule has 0 bridgehead atoms. The minimum Gasteiger partial charge on any atom is -0.484 e. The number of rotatable bonds is 2. The Morgan fingerprint density at radius 1 is 1.26 bits per heavy atom. The molecule has 0 fully saturated rings. The molecule has 1 aromatic carbocycles. The van der Waals surface area contributed by atoms with Gasteiger partial charge in [0.2, 0.25) is 0 Å². The van der Waals surface area contributed by atoms with Crippen LogP contribution in [0.1, 0.15) is 25.0 Å². The molecule has 19 heavy (non-hydrogen) atoms. The molecule has 0 spiro atoms. The normalized spacial score (nSPS) is 11.1. The van der Waals surface area contributed by atoms with Gasteiger partial charge in [0.25, 0.3) is 0 Å². The molecule has 0 aliphatic rings. The molecular formula is C13H17F3N2O. The number of fused-ring (bicyclic) bond motifs is 1. The van der Waals surface area contributed by atoms with Gasteiger partial charge in [0.15, 0.2) is 6.61 Å². The van der Waals surface area contributed by atoms with Crippen LogP contribution in [0.4, 0.5) is 13.2 Å². The largest absolute Gasteiger partial charge is 0.484 e. The number of halogens is 3. The highest BCUT2D eigenvalue weighted by molar-refractivity contribution is 5.85. The number of benzene rings is 1. The maximum absolute atomic E-state index is 12.1. The Morgan fingerprint density at radius 3 is 2.47 bits per heavy atom. The number of alkyl halides is 3. The van der Waals surface area contributed by atoms with Gasteiger partial charge in [0.1, 0.15) is 5.75 Å². The van der Waals surface area contributed by atoms with Crippen LogP contribution in [0.15, 0.2) is 12.3 Å². The lowest BCUT2D eigenvalue weighted by atomic mass is 10.1. The van der Waals surface area contributed by atoms with Crippen LogP contribution in [0, 0.1) is 13.8 Å². The monoisotopic (exact) mass is 274 g/mol. The molecule has 0 atom stereocenters. The first kappa shape index (κ1) is 15.3. The number of ether oxygens (including phenoxy) is 1. The summed E-state index contributed by atoms with van der Waals surface area (Å²) in [6, 6.07) is 1.72. The summed E-state index contributed by atoms with van der Waals surface area (Å²) >= 11 is 0. The molecule has 0 aliphatic heterocycles. The van der Waals surface area contributed by atoms with E-state index in [0.29, 0.717) is 11.1 Å². The third kappa shape index (κ3) is 3.62. The van der Waals surface area contributed by atoms with Crippen molar-refractivity contribution in [1.82, 2.24) is 10.2 Å². The molecule has 1 N–H and O–H groups in total. The van der Waals surface area contributed by atoms with E-state index in [1.807, 2.05) is 13.8 Å². The summed E-state index contributed by atoms with van der Waals surface area (Å²) < 4.78 is 41.2. The molecule has 2 aromatic rings. The van der Waals surface area contributed by atoms with Crippen molar-refractivity contribution in [2.75, 3.05) is 6.61 Å². The zero-order chi connectivity index (χ0) is 14.6. The number of H-pyrrole nitrogens is 1. The number of hydrogen-bond donors (Lipinski definition) is 1. The van der Waals surface area contributed by atoms with Crippen LogP contribution in [-0.4, -0.2) is 23.0 Å². The van der Waals surface area contributed by atoms with E-state index in [4.69, 9.17) is 4.74 Å². The van der Waals surface area contributed by atoms with Crippen LogP contribution in [0.5, 0.6) is 5.75 Å². The molecule has 6 heteroatoms. The Balaban J connectivity index is 0.000000861. The molecule has 0 saturated heterocycles. The molecule has 0 saturated carbocycles. The Labute approximate surface area is 109 Å². The molecule has 1 aromatic heterocycles. The predicted octanol–water partition coefficient (Wildman–Crippen LogP) is 4.15. The lowest BCUT2D eigenvalue weighted by molar-refractivity contribution is -0.153. The predicted molar refractivity (Wildman–Crippen MR) is 68.5 cm³/mol. The molecule has 0 aliphatic carbocycles. The van der Waals surface area contributed by atoms with Gasteiger partial charge in [0, 0.05) is 10.9 Å². The molecular weight excluding hydrogens is 257 g/mol. The first-order valence-corrected chi connectivity index (χ1v) is 6.01. The van der Waals surface area contributed by atoms with E-state index >= 15 is 0 Å². The average Bonchev–Trinajstić information content (AvgIpc) is 2.78. The van der Waals surface area contributed by atoms with Crippen LogP contribution in [-0.2, 0) is 0 Å². The molecule has 0 radical (unpaired) electrons. The first-order chi connectivity index (χ1) is 8.88. The second-order valence-electron chi connectivity index (χ2n) is 3.88. The summed E-state index contributed by atoms with van der Waals surface area (Å²) in [5.74, 6) is 0.274. The van der Waals surface area contributed by atoms with Gasteiger partial charge in [-0.1, -0.05) is 13.8 Å². The van der Waals surface area contributed by atoms with E-state index in [1.165, 1.54) is 0 Å². The quantitative estimate of drug-likeness (QED) is 0.893. The fraction of sp³-hybridized carbons (Fsp3) is 0.462. The van der Waals surface area contributed by atoms with E-state index < -0.39 is 12.8 Å².